The van der Waals surface area contributed by atoms with Crippen molar-refractivity contribution in [3.63, 3.8) is 0 Å². The first kappa shape index (κ1) is 17.5. The fourth-order valence-electron chi connectivity index (χ4n) is 2.04. The third kappa shape index (κ3) is 4.57. The zero-order chi connectivity index (χ0) is 17.4. The summed E-state index contributed by atoms with van der Waals surface area (Å²) in [5.41, 5.74) is 0.774. The maximum Gasteiger partial charge on any atom is 0.338 e. The average Bonchev–Trinajstić information content (AvgIpc) is 2.61. The molecule has 0 radical (unpaired) electrons. The van der Waals surface area contributed by atoms with Crippen LogP contribution in [-0.4, -0.2) is 34.3 Å². The lowest BCUT2D eigenvalue weighted by molar-refractivity contribution is -0.116. The highest BCUT2D eigenvalue weighted by atomic mass is 32.2. The van der Waals surface area contributed by atoms with E-state index in [0.717, 1.165) is 11.8 Å². The van der Waals surface area contributed by atoms with Gasteiger partial charge in [0.1, 0.15) is 5.03 Å². The quantitative estimate of drug-likeness (QED) is 0.778. The lowest BCUT2D eigenvalue weighted by Gasteiger charge is -2.21. The van der Waals surface area contributed by atoms with Crippen LogP contribution in [0.1, 0.15) is 16.8 Å². The minimum absolute atomic E-state index is 0.0393. The number of pyridine rings is 1. The Morgan fingerprint density at radius 3 is 2.62 bits per heavy atom. The molecule has 0 atom stereocenters. The molecule has 1 amide bonds. The zero-order valence-electron chi connectivity index (χ0n) is 12.8. The topological polar surface area (TPSA) is 94.3 Å². The molecule has 0 aliphatic rings. The predicted octanol–water partition coefficient (Wildman–Crippen LogP) is 2.82. The fraction of sp³-hybridized carbons (Fsp3) is 0.176. The van der Waals surface area contributed by atoms with Gasteiger partial charge in [-0.2, -0.15) is 5.26 Å². The van der Waals surface area contributed by atoms with Gasteiger partial charge in [-0.15, -0.1) is 0 Å². The van der Waals surface area contributed by atoms with Gasteiger partial charge in [-0.25, -0.2) is 9.78 Å². The van der Waals surface area contributed by atoms with E-state index in [-0.39, 0.29) is 30.2 Å². The van der Waals surface area contributed by atoms with Crippen LogP contribution in [0.4, 0.5) is 5.69 Å². The standard InChI is InChI=1S/C17H15N3O3S/c18-9-5-11-20(13-6-2-1-3-7-13)15(21)12-24-16-14(17(22)23)8-4-10-19-16/h1-4,6-8,10H,5,11-12H2,(H,22,23). The van der Waals surface area contributed by atoms with Crippen molar-refractivity contribution in [3.05, 3.63) is 54.2 Å². The van der Waals surface area contributed by atoms with Crippen LogP contribution < -0.4 is 4.90 Å². The third-order valence-corrected chi connectivity index (χ3v) is 4.14. The summed E-state index contributed by atoms with van der Waals surface area (Å²) >= 11 is 1.07. The third-order valence-electron chi connectivity index (χ3n) is 3.15. The van der Waals surface area contributed by atoms with Gasteiger partial charge in [0.2, 0.25) is 5.91 Å². The molecule has 6 nitrogen and oxygen atoms in total. The first-order chi connectivity index (χ1) is 11.6. The first-order valence-corrected chi connectivity index (χ1v) is 8.15. The van der Waals surface area contributed by atoms with Crippen LogP contribution in [-0.2, 0) is 4.79 Å². The summed E-state index contributed by atoms with van der Waals surface area (Å²) in [7, 11) is 0. The predicted molar refractivity (Wildman–Crippen MR) is 90.9 cm³/mol. The molecular formula is C17H15N3O3S. The fourth-order valence-corrected chi connectivity index (χ4v) is 2.91. The highest BCUT2D eigenvalue weighted by Gasteiger charge is 2.18. The molecule has 1 heterocycles. The molecule has 2 aromatic rings. The van der Waals surface area contributed by atoms with E-state index in [1.807, 2.05) is 24.3 Å². The van der Waals surface area contributed by atoms with Crippen molar-refractivity contribution in [1.82, 2.24) is 4.98 Å². The molecule has 0 aliphatic carbocycles. The van der Waals surface area contributed by atoms with Crippen molar-refractivity contribution in [3.8, 4) is 6.07 Å². The van der Waals surface area contributed by atoms with Crippen molar-refractivity contribution in [2.75, 3.05) is 17.2 Å². The number of rotatable bonds is 7. The number of benzene rings is 1. The number of para-hydroxylation sites is 1. The van der Waals surface area contributed by atoms with E-state index < -0.39 is 5.97 Å². The van der Waals surface area contributed by atoms with Gasteiger partial charge in [-0.1, -0.05) is 30.0 Å². The van der Waals surface area contributed by atoms with Gasteiger partial charge in [-0.05, 0) is 24.3 Å². The van der Waals surface area contributed by atoms with Crippen LogP contribution in [0.3, 0.4) is 0 Å². The van der Waals surface area contributed by atoms with Crippen molar-refractivity contribution in [2.45, 2.75) is 11.4 Å². The first-order valence-electron chi connectivity index (χ1n) is 7.17. The van der Waals surface area contributed by atoms with Crippen LogP contribution in [0, 0.1) is 11.3 Å². The summed E-state index contributed by atoms with van der Waals surface area (Å²) in [5.74, 6) is -1.25. The Morgan fingerprint density at radius 1 is 1.21 bits per heavy atom. The van der Waals surface area contributed by atoms with Crippen LogP contribution in [0.15, 0.2) is 53.7 Å². The number of thioether (sulfide) groups is 1. The number of carboxylic acid groups (broad SMARTS) is 1. The molecular weight excluding hydrogens is 326 g/mol. The molecule has 0 aliphatic heterocycles. The van der Waals surface area contributed by atoms with Crippen LogP contribution in [0.5, 0.6) is 0 Å². The molecule has 2 rings (SSSR count). The molecule has 1 aromatic carbocycles. The Hall–Kier alpha value is -2.85. The van der Waals surface area contributed by atoms with Gasteiger partial charge in [0, 0.05) is 18.4 Å². The summed E-state index contributed by atoms with van der Waals surface area (Å²) in [4.78, 5) is 29.3. The second-order valence-electron chi connectivity index (χ2n) is 4.74. The summed E-state index contributed by atoms with van der Waals surface area (Å²) in [6.45, 7) is 0.286. The molecule has 0 unspecified atom stereocenters. The Bertz CT molecular complexity index is 759. The summed E-state index contributed by atoms with van der Waals surface area (Å²) < 4.78 is 0. The van der Waals surface area contributed by atoms with E-state index in [1.54, 1.807) is 18.2 Å². The molecule has 0 saturated carbocycles. The number of nitrogens with zero attached hydrogens (tertiary/aromatic N) is 3. The molecule has 1 N–H and O–H groups in total. The Kier molecular flexibility index (Phi) is 6.34. The normalized spacial score (nSPS) is 9.96. The van der Waals surface area contributed by atoms with E-state index >= 15 is 0 Å². The van der Waals surface area contributed by atoms with Gasteiger partial charge in [0.05, 0.1) is 23.8 Å². The maximum absolute atomic E-state index is 12.5. The van der Waals surface area contributed by atoms with Gasteiger partial charge < -0.3 is 10.0 Å². The number of aromatic nitrogens is 1. The van der Waals surface area contributed by atoms with Crippen LogP contribution in [0.2, 0.25) is 0 Å². The van der Waals surface area contributed by atoms with E-state index in [1.165, 1.54) is 17.2 Å². The van der Waals surface area contributed by atoms with Crippen LogP contribution in [0.25, 0.3) is 0 Å². The molecule has 1 aromatic heterocycles. The van der Waals surface area contributed by atoms with Gasteiger partial charge in [-0.3, -0.25) is 4.79 Å². The SMILES string of the molecule is N#CCCN(C(=O)CSc1ncccc1C(=O)O)c1ccccc1. The number of amides is 1. The second kappa shape index (κ2) is 8.70. The molecule has 0 bridgehead atoms. The van der Waals surface area contributed by atoms with E-state index in [0.29, 0.717) is 10.7 Å². The van der Waals surface area contributed by atoms with Gasteiger partial charge >= 0.3 is 5.97 Å². The number of nitriles is 1. The molecule has 24 heavy (non-hydrogen) atoms. The van der Waals surface area contributed by atoms with Gasteiger partial charge in [0.25, 0.3) is 0 Å². The van der Waals surface area contributed by atoms with Crippen molar-refractivity contribution in [1.29, 1.82) is 5.26 Å². The molecule has 7 heteroatoms. The van der Waals surface area contributed by atoms with Crippen molar-refractivity contribution in [2.24, 2.45) is 0 Å². The smallest absolute Gasteiger partial charge is 0.338 e. The molecule has 0 saturated heterocycles. The number of aromatic carboxylic acids is 1. The largest absolute Gasteiger partial charge is 0.478 e. The monoisotopic (exact) mass is 341 g/mol. The Balaban J connectivity index is 2.11. The highest BCUT2D eigenvalue weighted by molar-refractivity contribution is 8.00. The molecule has 0 fully saturated rings. The lowest BCUT2D eigenvalue weighted by atomic mass is 10.2. The lowest BCUT2D eigenvalue weighted by Crippen LogP contribution is -2.33. The number of carbonyl (C=O) groups excluding carboxylic acids is 1. The zero-order valence-corrected chi connectivity index (χ0v) is 13.6. The Labute approximate surface area is 143 Å². The number of anilines is 1. The van der Waals surface area contributed by atoms with E-state index in [9.17, 15) is 9.59 Å². The summed E-state index contributed by atoms with van der Waals surface area (Å²) in [6, 6.07) is 14.1. The highest BCUT2D eigenvalue weighted by Crippen LogP contribution is 2.22. The number of carboxylic acids is 1. The summed E-state index contributed by atoms with van der Waals surface area (Å²) in [5, 5.41) is 18.2. The molecule has 122 valence electrons. The van der Waals surface area contributed by atoms with E-state index in [2.05, 4.69) is 4.98 Å². The number of hydrogen-bond donors (Lipinski definition) is 1. The van der Waals surface area contributed by atoms with E-state index in [4.69, 9.17) is 10.4 Å². The number of carbonyl (C=O) groups is 2. The maximum atomic E-state index is 12.5. The second-order valence-corrected chi connectivity index (χ2v) is 5.70. The summed E-state index contributed by atoms with van der Waals surface area (Å²) in [6.07, 6.45) is 1.71. The van der Waals surface area contributed by atoms with Crippen molar-refractivity contribution >= 4 is 29.3 Å². The average molecular weight is 341 g/mol. The minimum Gasteiger partial charge on any atom is -0.478 e. The molecule has 0 spiro atoms. The Morgan fingerprint density at radius 2 is 1.96 bits per heavy atom. The van der Waals surface area contributed by atoms with Gasteiger partial charge in [0.15, 0.2) is 0 Å². The van der Waals surface area contributed by atoms with Crippen molar-refractivity contribution < 1.29 is 14.7 Å². The minimum atomic E-state index is -1.08. The number of hydrogen-bond acceptors (Lipinski definition) is 5. The van der Waals surface area contributed by atoms with Crippen LogP contribution >= 0.6 is 11.8 Å².